The lowest BCUT2D eigenvalue weighted by Gasteiger charge is -2.21. The molecule has 10 rings (SSSR count). The molecule has 240 valence electrons. The van der Waals surface area contributed by atoms with Crippen molar-refractivity contribution < 1.29 is 0 Å². The molecule has 0 fully saturated rings. The predicted octanol–water partition coefficient (Wildman–Crippen LogP) is 14.1. The highest BCUT2D eigenvalue weighted by molar-refractivity contribution is 6.22. The smallest absolute Gasteiger partial charge is 0.0159 e. The third-order valence-electron chi connectivity index (χ3n) is 11.3. The molecule has 0 atom stereocenters. The first-order valence-electron chi connectivity index (χ1n) is 17.9. The third kappa shape index (κ3) is 4.53. The van der Waals surface area contributed by atoms with E-state index in [4.69, 9.17) is 0 Å². The van der Waals surface area contributed by atoms with Gasteiger partial charge in [-0.25, -0.2) is 0 Å². The van der Waals surface area contributed by atoms with Crippen LogP contribution in [0.4, 0.5) is 0 Å². The van der Waals surface area contributed by atoms with E-state index in [9.17, 15) is 0 Å². The summed E-state index contributed by atoms with van der Waals surface area (Å²) in [5.74, 6) is 0. The minimum absolute atomic E-state index is 0.0348. The number of fused-ring (bicyclic) bond motifs is 7. The zero-order valence-electron chi connectivity index (χ0n) is 28.8. The Kier molecular flexibility index (Phi) is 6.63. The van der Waals surface area contributed by atoms with Gasteiger partial charge >= 0.3 is 0 Å². The summed E-state index contributed by atoms with van der Waals surface area (Å²) in [5.41, 5.74) is 15.5. The van der Waals surface area contributed by atoms with Gasteiger partial charge in [-0.2, -0.15) is 0 Å². The van der Waals surface area contributed by atoms with Crippen LogP contribution >= 0.6 is 0 Å². The molecule has 0 heteroatoms. The van der Waals surface area contributed by atoms with Crippen LogP contribution in [0.5, 0.6) is 0 Å². The number of hydrogen-bond acceptors (Lipinski definition) is 0. The van der Waals surface area contributed by atoms with E-state index in [-0.39, 0.29) is 5.41 Å². The summed E-state index contributed by atoms with van der Waals surface area (Å²) in [6.45, 7) is 4.72. The van der Waals surface area contributed by atoms with Gasteiger partial charge in [-0.3, -0.25) is 0 Å². The summed E-state index contributed by atoms with van der Waals surface area (Å²) in [6.07, 6.45) is 0. The second-order valence-corrected chi connectivity index (χ2v) is 14.4. The third-order valence-corrected chi connectivity index (χ3v) is 11.3. The second kappa shape index (κ2) is 11.4. The van der Waals surface area contributed by atoms with Gasteiger partial charge in [-0.15, -0.1) is 0 Å². The van der Waals surface area contributed by atoms with Gasteiger partial charge in [-0.1, -0.05) is 190 Å². The van der Waals surface area contributed by atoms with Crippen LogP contribution in [0.3, 0.4) is 0 Å². The second-order valence-electron chi connectivity index (χ2n) is 14.4. The molecule has 0 saturated carbocycles. The maximum absolute atomic E-state index is 2.42. The fourth-order valence-corrected chi connectivity index (χ4v) is 8.83. The van der Waals surface area contributed by atoms with Crippen molar-refractivity contribution in [3.05, 3.63) is 193 Å². The van der Waals surface area contributed by atoms with E-state index < -0.39 is 0 Å². The molecule has 0 heterocycles. The van der Waals surface area contributed by atoms with Crippen LogP contribution < -0.4 is 0 Å². The van der Waals surface area contributed by atoms with Crippen molar-refractivity contribution in [1.82, 2.24) is 0 Å². The molecule has 1 aliphatic rings. The molecule has 0 aliphatic heterocycles. The molecule has 9 aromatic rings. The molecule has 0 nitrogen and oxygen atoms in total. The molecule has 9 aromatic carbocycles. The van der Waals surface area contributed by atoms with Gasteiger partial charge in [-0.05, 0) is 105 Å². The number of benzene rings is 9. The number of hydrogen-bond donors (Lipinski definition) is 0. The molecular formula is C51H36. The van der Waals surface area contributed by atoms with Gasteiger partial charge in [0, 0.05) is 5.41 Å². The van der Waals surface area contributed by atoms with Crippen LogP contribution in [-0.2, 0) is 5.41 Å². The van der Waals surface area contributed by atoms with Gasteiger partial charge in [0.2, 0.25) is 0 Å². The zero-order valence-corrected chi connectivity index (χ0v) is 28.8. The lowest BCUT2D eigenvalue weighted by Crippen LogP contribution is -2.14. The molecular weight excluding hydrogens is 613 g/mol. The van der Waals surface area contributed by atoms with E-state index in [0.29, 0.717) is 0 Å². The molecule has 0 saturated heterocycles. The Morgan fingerprint density at radius 3 is 1.49 bits per heavy atom. The lowest BCUT2D eigenvalue weighted by atomic mass is 9.82. The Bertz CT molecular complexity index is 2740. The quantitative estimate of drug-likeness (QED) is 0.167. The molecule has 0 amide bonds. The van der Waals surface area contributed by atoms with Crippen LogP contribution in [0.15, 0.2) is 182 Å². The fourth-order valence-electron chi connectivity index (χ4n) is 8.83. The maximum Gasteiger partial charge on any atom is 0.0159 e. The van der Waals surface area contributed by atoms with E-state index >= 15 is 0 Å². The van der Waals surface area contributed by atoms with Crippen molar-refractivity contribution in [3.63, 3.8) is 0 Å². The Hall–Kier alpha value is -6.24. The summed E-state index contributed by atoms with van der Waals surface area (Å²) in [6, 6.07) is 67.3. The Balaban J connectivity index is 1.13. The maximum atomic E-state index is 2.42. The Morgan fingerprint density at radius 2 is 0.804 bits per heavy atom. The van der Waals surface area contributed by atoms with Crippen molar-refractivity contribution in [3.8, 4) is 55.6 Å². The largest absolute Gasteiger partial charge is 0.0622 e. The Morgan fingerprint density at radius 1 is 0.294 bits per heavy atom. The number of rotatable bonds is 4. The summed E-state index contributed by atoms with van der Waals surface area (Å²) in [5, 5.41) is 7.71. The predicted molar refractivity (Wildman–Crippen MR) is 218 cm³/mol. The lowest BCUT2D eigenvalue weighted by molar-refractivity contribution is 0.661. The van der Waals surface area contributed by atoms with Gasteiger partial charge in [0.15, 0.2) is 0 Å². The minimum atomic E-state index is -0.0348. The molecule has 0 unspecified atom stereocenters. The van der Waals surface area contributed by atoms with Gasteiger partial charge in [0.1, 0.15) is 0 Å². The molecule has 0 bridgehead atoms. The van der Waals surface area contributed by atoms with Gasteiger partial charge < -0.3 is 0 Å². The summed E-state index contributed by atoms with van der Waals surface area (Å²) in [4.78, 5) is 0. The highest BCUT2D eigenvalue weighted by Gasteiger charge is 2.36. The van der Waals surface area contributed by atoms with Crippen molar-refractivity contribution in [2.24, 2.45) is 0 Å². The first-order chi connectivity index (χ1) is 25.1. The normalized spacial score (nSPS) is 13.1. The SMILES string of the molecule is CC1(C)c2ccc(-c3ccc(-c4c5ccccc5c(-c5ccccc5-c5ccccc5)c5ccccc45)cc3)cc2-c2c1ccc1ccccc21. The molecule has 1 aliphatic carbocycles. The fraction of sp³-hybridized carbons (Fsp3) is 0.0588. The van der Waals surface area contributed by atoms with Crippen LogP contribution in [0, 0.1) is 0 Å². The molecule has 0 N–H and O–H groups in total. The molecule has 0 spiro atoms. The van der Waals surface area contributed by atoms with E-state index in [1.807, 2.05) is 0 Å². The topological polar surface area (TPSA) is 0 Å². The van der Waals surface area contributed by atoms with E-state index in [1.54, 1.807) is 0 Å². The summed E-state index contributed by atoms with van der Waals surface area (Å²) in [7, 11) is 0. The summed E-state index contributed by atoms with van der Waals surface area (Å²) < 4.78 is 0. The van der Waals surface area contributed by atoms with Gasteiger partial charge in [0.25, 0.3) is 0 Å². The standard InChI is InChI=1S/C51H36/c1-51(2)46-30-29-37(32-45(46)50-39-18-7-6-16-35(39)28-31-47(50)51)33-24-26-36(27-25-33)48-41-20-10-12-22-43(41)49(44-23-13-11-21-42(44)48)40-19-9-8-17-38(40)34-14-4-3-5-15-34/h3-32H,1-2H3. The van der Waals surface area contributed by atoms with Crippen LogP contribution in [0.2, 0.25) is 0 Å². The van der Waals surface area contributed by atoms with Crippen LogP contribution in [0.1, 0.15) is 25.0 Å². The van der Waals surface area contributed by atoms with Crippen molar-refractivity contribution in [1.29, 1.82) is 0 Å². The molecule has 51 heavy (non-hydrogen) atoms. The average Bonchev–Trinajstić information content (AvgIpc) is 3.43. The monoisotopic (exact) mass is 648 g/mol. The molecule has 0 radical (unpaired) electrons. The highest BCUT2D eigenvalue weighted by Crippen LogP contribution is 2.52. The average molecular weight is 649 g/mol. The van der Waals surface area contributed by atoms with Crippen molar-refractivity contribution >= 4 is 32.3 Å². The van der Waals surface area contributed by atoms with Gasteiger partial charge in [0.05, 0.1) is 0 Å². The minimum Gasteiger partial charge on any atom is -0.0622 e. The molecule has 0 aromatic heterocycles. The summed E-state index contributed by atoms with van der Waals surface area (Å²) >= 11 is 0. The first kappa shape index (κ1) is 29.7. The van der Waals surface area contributed by atoms with Crippen LogP contribution in [-0.4, -0.2) is 0 Å². The van der Waals surface area contributed by atoms with Crippen molar-refractivity contribution in [2.45, 2.75) is 19.3 Å². The highest BCUT2D eigenvalue weighted by atomic mass is 14.4. The van der Waals surface area contributed by atoms with Crippen LogP contribution in [0.25, 0.3) is 88.0 Å². The van der Waals surface area contributed by atoms with E-state index in [0.717, 1.165) is 0 Å². The Labute approximate surface area is 299 Å². The first-order valence-corrected chi connectivity index (χ1v) is 17.9. The van der Waals surface area contributed by atoms with E-state index in [2.05, 4.69) is 196 Å². The zero-order chi connectivity index (χ0) is 34.1. The van der Waals surface area contributed by atoms with E-state index in [1.165, 1.54) is 99.1 Å². The van der Waals surface area contributed by atoms with Crippen molar-refractivity contribution in [2.75, 3.05) is 0 Å².